The molecule has 0 N–H and O–H groups in total. The number of piperidine rings is 1. The lowest BCUT2D eigenvalue weighted by atomic mass is 9.77. The number of nitrogens with zero attached hydrogens (tertiary/aromatic N) is 5. The summed E-state index contributed by atoms with van der Waals surface area (Å²) in [7, 11) is 5.19. The number of likely N-dealkylation sites (tertiary alicyclic amines) is 1. The van der Waals surface area contributed by atoms with Crippen molar-refractivity contribution in [1.82, 2.24) is 14.4 Å². The number of ether oxygens (including phenoxy) is 2. The second-order valence-electron chi connectivity index (χ2n) is 16.1. The number of alkyl halides is 1. The van der Waals surface area contributed by atoms with Crippen LogP contribution in [-0.4, -0.2) is 73.9 Å². The summed E-state index contributed by atoms with van der Waals surface area (Å²) in [6, 6.07) is 12.4. The van der Waals surface area contributed by atoms with E-state index in [9.17, 15) is 19.2 Å². The molecule has 282 valence electrons. The van der Waals surface area contributed by atoms with Crippen molar-refractivity contribution in [3.05, 3.63) is 86.3 Å². The van der Waals surface area contributed by atoms with Crippen molar-refractivity contribution in [3.8, 4) is 28.7 Å². The Morgan fingerprint density at radius 1 is 1.06 bits per heavy atom. The van der Waals surface area contributed by atoms with Crippen LogP contribution in [0.1, 0.15) is 73.9 Å². The average Bonchev–Trinajstić information content (AvgIpc) is 3.58. The molecule has 0 aliphatic carbocycles. The maximum absolute atomic E-state index is 13.5. The highest BCUT2D eigenvalue weighted by atomic mass is 19.1. The number of benzene rings is 2. The number of carbonyl (C=O) groups is 1. The molecule has 1 aromatic heterocycles. The zero-order valence-electron chi connectivity index (χ0n) is 32.6. The van der Waals surface area contributed by atoms with Gasteiger partial charge in [0.15, 0.2) is 0 Å². The second kappa shape index (κ2) is 15.0. The number of hydrogen-bond donors (Lipinski definition) is 0. The molecule has 0 saturated carbocycles. The van der Waals surface area contributed by atoms with E-state index in [-0.39, 0.29) is 28.5 Å². The molecule has 10 heteroatoms. The van der Waals surface area contributed by atoms with Crippen molar-refractivity contribution in [1.29, 1.82) is 5.26 Å². The van der Waals surface area contributed by atoms with Gasteiger partial charge in [-0.1, -0.05) is 32.1 Å². The number of halogens is 1. The smallest absolute Gasteiger partial charge is 0.264 e. The van der Waals surface area contributed by atoms with Crippen molar-refractivity contribution in [2.45, 2.75) is 72.9 Å². The number of aromatic nitrogens is 1. The number of pyridine rings is 1. The first-order valence-corrected chi connectivity index (χ1v) is 18.8. The zero-order chi connectivity index (χ0) is 38.2. The Balaban J connectivity index is 1.14. The van der Waals surface area contributed by atoms with E-state index < -0.39 is 12.1 Å². The van der Waals surface area contributed by atoms with Gasteiger partial charge in [0.25, 0.3) is 11.5 Å². The van der Waals surface area contributed by atoms with E-state index in [0.29, 0.717) is 13.0 Å². The molecule has 1 atom stereocenters. The summed E-state index contributed by atoms with van der Waals surface area (Å²) >= 11 is 0. The molecular formula is C43H54FN5O4. The summed E-state index contributed by atoms with van der Waals surface area (Å²) in [5.74, 6) is 1.24. The molecule has 3 aliphatic rings. The number of nitriles is 1. The van der Waals surface area contributed by atoms with Gasteiger partial charge in [-0.2, -0.15) is 5.26 Å². The summed E-state index contributed by atoms with van der Waals surface area (Å²) in [6.45, 7) is 13.8. The Kier molecular flexibility index (Phi) is 10.8. The summed E-state index contributed by atoms with van der Waals surface area (Å²) in [4.78, 5) is 32.8. The molecule has 4 heterocycles. The Labute approximate surface area is 313 Å². The Hall–Kier alpha value is -4.62. The van der Waals surface area contributed by atoms with Gasteiger partial charge in [0.2, 0.25) is 0 Å². The van der Waals surface area contributed by atoms with Crippen molar-refractivity contribution >= 4 is 11.6 Å². The van der Waals surface area contributed by atoms with Crippen LogP contribution in [0, 0.1) is 36.0 Å². The van der Waals surface area contributed by atoms with Gasteiger partial charge in [0, 0.05) is 61.7 Å². The van der Waals surface area contributed by atoms with Gasteiger partial charge in [-0.15, -0.1) is 0 Å². The first-order chi connectivity index (χ1) is 25.2. The van der Waals surface area contributed by atoms with Crippen LogP contribution in [-0.2, 0) is 24.8 Å². The van der Waals surface area contributed by atoms with Gasteiger partial charge in [0.1, 0.15) is 23.1 Å². The zero-order valence-corrected chi connectivity index (χ0v) is 32.6. The fourth-order valence-corrected chi connectivity index (χ4v) is 8.67. The van der Waals surface area contributed by atoms with E-state index in [0.717, 1.165) is 96.9 Å². The highest BCUT2D eigenvalue weighted by Gasteiger charge is 2.42. The largest absolute Gasteiger partial charge is 0.496 e. The molecule has 0 radical (unpaired) electrons. The van der Waals surface area contributed by atoms with Crippen LogP contribution in [0.15, 0.2) is 53.0 Å². The minimum atomic E-state index is -0.872. The first-order valence-electron chi connectivity index (χ1n) is 18.8. The van der Waals surface area contributed by atoms with E-state index in [4.69, 9.17) is 9.47 Å². The normalized spacial score (nSPS) is 18.9. The molecular weight excluding hydrogens is 670 g/mol. The van der Waals surface area contributed by atoms with Crippen molar-refractivity contribution in [2.75, 3.05) is 58.5 Å². The first kappa shape index (κ1) is 38.1. The number of aryl methyl sites for hydroxylation is 1. The number of carbonyl (C=O) groups excluding carboxylic acids is 1. The number of amides is 1. The van der Waals surface area contributed by atoms with Crippen molar-refractivity contribution in [2.24, 2.45) is 17.9 Å². The van der Waals surface area contributed by atoms with Gasteiger partial charge in [-0.05, 0) is 105 Å². The molecule has 3 aromatic rings. The molecule has 53 heavy (non-hydrogen) atoms. The number of anilines is 1. The van der Waals surface area contributed by atoms with Gasteiger partial charge in [0.05, 0.1) is 32.5 Å². The van der Waals surface area contributed by atoms with E-state index in [1.807, 2.05) is 33.0 Å². The number of rotatable bonds is 9. The summed E-state index contributed by atoms with van der Waals surface area (Å²) in [5, 5.41) is 9.78. The third-order valence-electron chi connectivity index (χ3n) is 12.1. The summed E-state index contributed by atoms with van der Waals surface area (Å²) in [6.07, 6.45) is 7.44. The maximum atomic E-state index is 13.5. The highest BCUT2D eigenvalue weighted by molar-refractivity contribution is 5.97. The van der Waals surface area contributed by atoms with Crippen LogP contribution >= 0.6 is 0 Å². The van der Waals surface area contributed by atoms with Gasteiger partial charge >= 0.3 is 0 Å². The van der Waals surface area contributed by atoms with Crippen molar-refractivity contribution < 1.29 is 18.7 Å². The Bertz CT molecular complexity index is 1990. The number of fused-ring (bicyclic) bond motifs is 1. The Morgan fingerprint density at radius 3 is 2.34 bits per heavy atom. The van der Waals surface area contributed by atoms with Gasteiger partial charge < -0.3 is 23.8 Å². The predicted molar refractivity (Wildman–Crippen MR) is 207 cm³/mol. The van der Waals surface area contributed by atoms with Crippen LogP contribution in [0.4, 0.5) is 10.1 Å². The van der Waals surface area contributed by atoms with Crippen molar-refractivity contribution in [3.63, 3.8) is 0 Å². The van der Waals surface area contributed by atoms with Crippen LogP contribution in [0.25, 0.3) is 11.1 Å². The molecule has 0 unspecified atom stereocenters. The minimum Gasteiger partial charge on any atom is -0.496 e. The topological polar surface area (TPSA) is 91.0 Å². The van der Waals surface area contributed by atoms with Crippen LogP contribution < -0.4 is 19.9 Å². The standard InChI is InChI=1S/C43H54FN5O4/c1-28-29(2)40(50)46(6)24-35(28)31-20-38(52-7)36(39(21-31)53-8)25-47-17-13-43(14-18-47)15-19-48(27-43)37-11-9-10-33-30(3)49(16-12-34(33)37)41(51)32(23-45)22-42(4,5)26-44/h9-11,20-22,24,30H,12-19,25-27H2,1-8H3/b32-22+/t30-/m1/s1. The third-order valence-corrected chi connectivity index (χ3v) is 12.1. The summed E-state index contributed by atoms with van der Waals surface area (Å²) in [5.41, 5.74) is 7.72. The third kappa shape index (κ3) is 7.33. The molecule has 2 saturated heterocycles. The molecule has 2 fully saturated rings. The number of hydrogen-bond acceptors (Lipinski definition) is 7. The molecule has 1 spiro atoms. The molecule has 1 amide bonds. The quantitative estimate of drug-likeness (QED) is 0.172. The Morgan fingerprint density at radius 2 is 1.72 bits per heavy atom. The lowest BCUT2D eigenvalue weighted by Gasteiger charge is -2.40. The molecule has 3 aliphatic heterocycles. The van der Waals surface area contributed by atoms with E-state index in [1.54, 1.807) is 44.6 Å². The maximum Gasteiger partial charge on any atom is 0.264 e. The minimum absolute atomic E-state index is 0.00675. The lowest BCUT2D eigenvalue weighted by Crippen LogP contribution is -2.42. The molecule has 9 nitrogen and oxygen atoms in total. The SMILES string of the molecule is COc1cc(-c2cn(C)c(=O)c(C)c2C)cc(OC)c1CN1CCC2(CC1)CCN(c1cccc3c1CCN(C(=O)/C(C#N)=C/C(C)(C)CF)[C@@H]3C)C2. The average molecular weight is 724 g/mol. The van der Waals surface area contributed by atoms with E-state index >= 15 is 0 Å². The fraction of sp³-hybridized carbons (Fsp3) is 0.512. The number of allylic oxidation sites excluding steroid dienone is 1. The van der Waals surface area contributed by atoms with E-state index in [1.165, 1.54) is 17.3 Å². The molecule has 2 aromatic carbocycles. The summed E-state index contributed by atoms with van der Waals surface area (Å²) < 4.78 is 27.1. The fourth-order valence-electron chi connectivity index (χ4n) is 8.67. The van der Waals surface area contributed by atoms with Gasteiger partial charge in [-0.3, -0.25) is 18.9 Å². The number of methoxy groups -OCH3 is 2. The van der Waals surface area contributed by atoms with Crippen LogP contribution in [0.2, 0.25) is 0 Å². The van der Waals surface area contributed by atoms with E-state index in [2.05, 4.69) is 40.1 Å². The predicted octanol–water partition coefficient (Wildman–Crippen LogP) is 7.07. The molecule has 6 rings (SSSR count). The van der Waals surface area contributed by atoms with Crippen LogP contribution in [0.3, 0.4) is 0 Å². The lowest BCUT2D eigenvalue weighted by molar-refractivity contribution is -0.129. The molecule has 0 bridgehead atoms. The highest BCUT2D eigenvalue weighted by Crippen LogP contribution is 2.46. The van der Waals surface area contributed by atoms with Crippen LogP contribution in [0.5, 0.6) is 11.5 Å². The van der Waals surface area contributed by atoms with Gasteiger partial charge in [-0.25, -0.2) is 0 Å². The monoisotopic (exact) mass is 723 g/mol. The second-order valence-corrected chi connectivity index (χ2v) is 16.1.